The van der Waals surface area contributed by atoms with E-state index in [0.29, 0.717) is 24.2 Å². The van der Waals surface area contributed by atoms with E-state index in [4.69, 9.17) is 10.3 Å². The van der Waals surface area contributed by atoms with Gasteiger partial charge in [-0.1, -0.05) is 5.16 Å². The highest BCUT2D eigenvalue weighted by atomic mass is 16.5. The highest BCUT2D eigenvalue weighted by Crippen LogP contribution is 2.26. The lowest BCUT2D eigenvalue weighted by Crippen LogP contribution is -2.34. The maximum Gasteiger partial charge on any atom is 0.269 e. The third-order valence-electron chi connectivity index (χ3n) is 3.73. The maximum absolute atomic E-state index is 11.1. The third kappa shape index (κ3) is 3.10. The van der Waals surface area contributed by atoms with Crippen LogP contribution in [-0.4, -0.2) is 44.2 Å². The molecule has 1 aliphatic rings. The van der Waals surface area contributed by atoms with E-state index in [1.54, 1.807) is 13.0 Å². The summed E-state index contributed by atoms with van der Waals surface area (Å²) in [5, 5.41) is 10.8. The van der Waals surface area contributed by atoms with Crippen molar-refractivity contribution in [3.8, 4) is 0 Å². The summed E-state index contributed by atoms with van der Waals surface area (Å²) in [6, 6.07) is 1.75. The van der Waals surface area contributed by atoms with Gasteiger partial charge < -0.3 is 10.3 Å². The Balaban J connectivity index is 1.66. The molecule has 3 N–H and O–H groups in total. The van der Waals surface area contributed by atoms with E-state index in [1.807, 2.05) is 0 Å². The third-order valence-corrected chi connectivity index (χ3v) is 3.73. The van der Waals surface area contributed by atoms with Gasteiger partial charge in [-0.15, -0.1) is 0 Å². The number of rotatable bonds is 4. The number of H-pyrrole nitrogens is 1. The molecule has 0 bridgehead atoms. The molecule has 1 amide bonds. The summed E-state index contributed by atoms with van der Waals surface area (Å²) < 4.78 is 4.99. The minimum atomic E-state index is -0.507. The fraction of sp³-hybridized carbons (Fsp3) is 0.538. The van der Waals surface area contributed by atoms with Crippen LogP contribution in [0, 0.1) is 6.92 Å². The Labute approximate surface area is 121 Å². The number of aromatic nitrogens is 4. The van der Waals surface area contributed by atoms with E-state index in [1.165, 1.54) is 0 Å². The summed E-state index contributed by atoms with van der Waals surface area (Å²) in [5.74, 6) is 1.09. The van der Waals surface area contributed by atoms with E-state index in [2.05, 4.69) is 25.2 Å². The van der Waals surface area contributed by atoms with Crippen LogP contribution in [0.25, 0.3) is 0 Å². The zero-order valence-electron chi connectivity index (χ0n) is 11.9. The molecular weight excluding hydrogens is 272 g/mol. The molecule has 0 spiro atoms. The number of aromatic amines is 1. The molecule has 0 unspecified atom stereocenters. The first-order valence-corrected chi connectivity index (χ1v) is 6.98. The van der Waals surface area contributed by atoms with Gasteiger partial charge in [0.2, 0.25) is 5.89 Å². The summed E-state index contributed by atoms with van der Waals surface area (Å²) in [4.78, 5) is 17.6. The number of carbonyl (C=O) groups excluding carboxylic acids is 1. The highest BCUT2D eigenvalue weighted by Gasteiger charge is 2.24. The van der Waals surface area contributed by atoms with E-state index in [9.17, 15) is 4.79 Å². The Hall–Kier alpha value is -2.22. The number of nitrogens with zero attached hydrogens (tertiary/aromatic N) is 4. The molecule has 1 atom stereocenters. The number of hydrogen-bond acceptors (Lipinski definition) is 6. The van der Waals surface area contributed by atoms with Gasteiger partial charge >= 0.3 is 0 Å². The Bertz CT molecular complexity index is 634. The molecular formula is C13H18N6O2. The molecule has 1 aliphatic heterocycles. The fourth-order valence-electron chi connectivity index (χ4n) is 2.73. The average molecular weight is 290 g/mol. The first-order chi connectivity index (χ1) is 10.1. The SMILES string of the molecule is Cc1nc(CN2CCC[C@H](c3cc(C(N)=O)n[nH]3)C2)no1. The van der Waals surface area contributed by atoms with Gasteiger partial charge in [0, 0.05) is 25.1 Å². The second-order valence-corrected chi connectivity index (χ2v) is 5.38. The monoisotopic (exact) mass is 290 g/mol. The van der Waals surface area contributed by atoms with Crippen molar-refractivity contribution in [2.24, 2.45) is 5.73 Å². The second kappa shape index (κ2) is 5.65. The number of primary amides is 1. The number of nitrogens with two attached hydrogens (primary N) is 1. The number of carbonyl (C=O) groups is 1. The van der Waals surface area contributed by atoms with E-state index >= 15 is 0 Å². The highest BCUT2D eigenvalue weighted by molar-refractivity contribution is 5.90. The van der Waals surface area contributed by atoms with Crippen LogP contribution in [0.4, 0.5) is 0 Å². The van der Waals surface area contributed by atoms with Gasteiger partial charge in [-0.2, -0.15) is 10.1 Å². The molecule has 8 nitrogen and oxygen atoms in total. The Morgan fingerprint density at radius 3 is 3.14 bits per heavy atom. The lowest BCUT2D eigenvalue weighted by atomic mass is 9.94. The number of hydrogen-bond donors (Lipinski definition) is 2. The predicted molar refractivity (Wildman–Crippen MR) is 73.4 cm³/mol. The van der Waals surface area contributed by atoms with Crippen LogP contribution in [0.15, 0.2) is 10.6 Å². The van der Waals surface area contributed by atoms with Crippen molar-refractivity contribution >= 4 is 5.91 Å². The topological polar surface area (TPSA) is 114 Å². The number of piperidine rings is 1. The van der Waals surface area contributed by atoms with E-state index in [0.717, 1.165) is 31.6 Å². The molecule has 3 heterocycles. The molecule has 112 valence electrons. The van der Waals surface area contributed by atoms with Crippen molar-refractivity contribution in [2.75, 3.05) is 13.1 Å². The number of aryl methyl sites for hydroxylation is 1. The van der Waals surface area contributed by atoms with Gasteiger partial charge in [0.15, 0.2) is 5.82 Å². The van der Waals surface area contributed by atoms with Crippen molar-refractivity contribution in [3.05, 3.63) is 29.2 Å². The minimum absolute atomic E-state index is 0.288. The van der Waals surface area contributed by atoms with Crippen LogP contribution in [0.3, 0.4) is 0 Å². The summed E-state index contributed by atoms with van der Waals surface area (Å²) in [6.45, 7) is 4.32. The zero-order chi connectivity index (χ0) is 14.8. The number of amides is 1. The van der Waals surface area contributed by atoms with Crippen LogP contribution < -0.4 is 5.73 Å². The molecule has 1 saturated heterocycles. The molecule has 2 aromatic heterocycles. The summed E-state index contributed by atoms with van der Waals surface area (Å²) in [7, 11) is 0. The number of nitrogens with one attached hydrogen (secondary N) is 1. The van der Waals surface area contributed by atoms with E-state index < -0.39 is 5.91 Å². The molecule has 8 heteroatoms. The lowest BCUT2D eigenvalue weighted by Gasteiger charge is -2.31. The standard InChI is InChI=1S/C13H18N6O2/c1-8-15-12(18-21-8)7-19-4-2-3-9(6-19)10-5-11(13(14)20)17-16-10/h5,9H,2-4,6-7H2,1H3,(H2,14,20)(H,16,17)/t9-/m0/s1. The second-order valence-electron chi connectivity index (χ2n) is 5.38. The molecule has 1 fully saturated rings. The van der Waals surface area contributed by atoms with E-state index in [-0.39, 0.29) is 5.69 Å². The minimum Gasteiger partial charge on any atom is -0.364 e. The number of likely N-dealkylation sites (tertiary alicyclic amines) is 1. The Kier molecular flexibility index (Phi) is 3.70. The van der Waals surface area contributed by atoms with Gasteiger partial charge in [0.25, 0.3) is 5.91 Å². The summed E-state index contributed by atoms with van der Waals surface area (Å²) in [5.41, 5.74) is 6.47. The average Bonchev–Trinajstić information content (AvgIpc) is 3.08. The van der Waals surface area contributed by atoms with Crippen LogP contribution in [-0.2, 0) is 6.54 Å². The molecule has 3 rings (SSSR count). The Morgan fingerprint density at radius 2 is 2.48 bits per heavy atom. The predicted octanol–water partition coefficient (Wildman–Crippen LogP) is 0.580. The van der Waals surface area contributed by atoms with Crippen molar-refractivity contribution in [2.45, 2.75) is 32.2 Å². The van der Waals surface area contributed by atoms with Crippen molar-refractivity contribution in [3.63, 3.8) is 0 Å². The van der Waals surface area contributed by atoms with Crippen molar-refractivity contribution < 1.29 is 9.32 Å². The van der Waals surface area contributed by atoms with Gasteiger partial charge in [-0.3, -0.25) is 14.8 Å². The Morgan fingerprint density at radius 1 is 1.62 bits per heavy atom. The van der Waals surface area contributed by atoms with Gasteiger partial charge in [-0.25, -0.2) is 0 Å². The maximum atomic E-state index is 11.1. The van der Waals surface area contributed by atoms with Gasteiger partial charge in [0.05, 0.1) is 6.54 Å². The summed E-state index contributed by atoms with van der Waals surface area (Å²) >= 11 is 0. The zero-order valence-corrected chi connectivity index (χ0v) is 11.9. The molecule has 2 aromatic rings. The molecule has 0 aliphatic carbocycles. The van der Waals surface area contributed by atoms with Crippen molar-refractivity contribution in [1.82, 2.24) is 25.2 Å². The largest absolute Gasteiger partial charge is 0.364 e. The lowest BCUT2D eigenvalue weighted by molar-refractivity contribution is 0.0995. The smallest absolute Gasteiger partial charge is 0.269 e. The van der Waals surface area contributed by atoms with Gasteiger partial charge in [-0.05, 0) is 25.5 Å². The normalized spacial score (nSPS) is 19.8. The van der Waals surface area contributed by atoms with Gasteiger partial charge in [0.1, 0.15) is 5.69 Å². The molecule has 0 radical (unpaired) electrons. The molecule has 0 aromatic carbocycles. The fourth-order valence-corrected chi connectivity index (χ4v) is 2.73. The van der Waals surface area contributed by atoms with Crippen LogP contribution in [0.5, 0.6) is 0 Å². The molecule has 21 heavy (non-hydrogen) atoms. The van der Waals surface area contributed by atoms with Crippen molar-refractivity contribution in [1.29, 1.82) is 0 Å². The van der Waals surface area contributed by atoms with Crippen LogP contribution in [0.1, 0.15) is 46.7 Å². The summed E-state index contributed by atoms with van der Waals surface area (Å²) in [6.07, 6.45) is 2.13. The quantitative estimate of drug-likeness (QED) is 0.851. The van der Waals surface area contributed by atoms with Crippen LogP contribution in [0.2, 0.25) is 0 Å². The molecule has 0 saturated carbocycles. The van der Waals surface area contributed by atoms with Crippen LogP contribution >= 0.6 is 0 Å². The first-order valence-electron chi connectivity index (χ1n) is 6.98. The first kappa shape index (κ1) is 13.7.